The summed E-state index contributed by atoms with van der Waals surface area (Å²) in [5.41, 5.74) is 8.21. The van der Waals surface area contributed by atoms with Gasteiger partial charge in [0.1, 0.15) is 0 Å². The van der Waals surface area contributed by atoms with Crippen molar-refractivity contribution in [3.05, 3.63) is 96.9 Å². The standard InChI is InChI=1S/C16H10F3.C9H13.2CH3.H2Si.Zr/c17-16(18,19)13-8-5-12(6-9-13)15-10-7-11-3-1-2-4-14(11)15;1-6-5-7(2)9(4)8(6)3;;;;/h1-10H;6H,1-4H3;2*1H3;1H2;. The van der Waals surface area contributed by atoms with E-state index in [4.69, 9.17) is 0 Å². The molecule has 0 fully saturated rings. The molecule has 0 aliphatic heterocycles. The fourth-order valence-electron chi connectivity index (χ4n) is 6.07. The normalized spacial score (nSPS) is 21.9. The molecule has 0 heterocycles. The van der Waals surface area contributed by atoms with Crippen molar-refractivity contribution in [3.63, 3.8) is 0 Å². The minimum absolute atomic E-state index is 0.328. The van der Waals surface area contributed by atoms with Crippen molar-refractivity contribution in [2.45, 2.75) is 46.8 Å². The van der Waals surface area contributed by atoms with Crippen LogP contribution in [0.4, 0.5) is 13.2 Å². The van der Waals surface area contributed by atoms with Gasteiger partial charge >= 0.3 is 193 Å². The summed E-state index contributed by atoms with van der Waals surface area (Å²) in [5.74, 6) is 0.462. The number of hydrogen-bond acceptors (Lipinski definition) is 0. The summed E-state index contributed by atoms with van der Waals surface area (Å²) < 4.78 is 46.4. The summed E-state index contributed by atoms with van der Waals surface area (Å²) in [4.78, 5) is 0. The maximum absolute atomic E-state index is 13.1. The second-order valence-corrected chi connectivity index (χ2v) is 40.1. The third kappa shape index (κ3) is 3.60. The van der Waals surface area contributed by atoms with Gasteiger partial charge in [0.25, 0.3) is 0 Å². The van der Waals surface area contributed by atoms with Crippen LogP contribution in [0, 0.1) is 5.92 Å². The second-order valence-electron chi connectivity index (χ2n) is 10.6. The SMILES string of the molecule is CC1=C(C)C(C)[C]([Zr]([CH3])([CH3])(=[SiH2])[CH]2C=C(c3ccc(C(F)(F)F)cc3)c3ccccc32)=C1C. The van der Waals surface area contributed by atoms with Crippen LogP contribution in [0.3, 0.4) is 0 Å². The Labute approximate surface area is 191 Å². The zero-order chi connectivity index (χ0) is 23.7. The molecule has 0 saturated heterocycles. The zero-order valence-corrected chi connectivity index (χ0v) is 23.6. The molecule has 2 aliphatic carbocycles. The Morgan fingerprint density at radius 2 is 1.47 bits per heavy atom. The van der Waals surface area contributed by atoms with Gasteiger partial charge in [0.2, 0.25) is 0 Å². The predicted molar refractivity (Wildman–Crippen MR) is 128 cm³/mol. The van der Waals surface area contributed by atoms with E-state index in [0.717, 1.165) is 11.1 Å². The second kappa shape index (κ2) is 7.53. The van der Waals surface area contributed by atoms with Crippen LogP contribution in [0.2, 0.25) is 9.26 Å². The Kier molecular flexibility index (Phi) is 5.58. The first-order valence-corrected chi connectivity index (χ1v) is 24.7. The summed E-state index contributed by atoms with van der Waals surface area (Å²) in [5, 5.41) is 0. The molecule has 2 aromatic rings. The van der Waals surface area contributed by atoms with Crippen molar-refractivity contribution in [1.29, 1.82) is 0 Å². The van der Waals surface area contributed by atoms with E-state index in [2.05, 4.69) is 68.1 Å². The topological polar surface area (TPSA) is 0 Å². The molecule has 4 rings (SSSR count). The Hall–Kier alpha value is -1.45. The summed E-state index contributed by atoms with van der Waals surface area (Å²) >= 11 is -3.52. The molecule has 0 nitrogen and oxygen atoms in total. The fraction of sp³-hybridized carbons (Fsp3) is 0.333. The molecular weight excluding hydrogens is 501 g/mol. The summed E-state index contributed by atoms with van der Waals surface area (Å²) in [6.07, 6.45) is -1.94. The van der Waals surface area contributed by atoms with E-state index in [1.54, 1.807) is 15.4 Å². The summed E-state index contributed by atoms with van der Waals surface area (Å²) in [7, 11) is 0. The number of alkyl halides is 3. The van der Waals surface area contributed by atoms with E-state index in [9.17, 15) is 13.2 Å². The van der Waals surface area contributed by atoms with Crippen LogP contribution in [0.15, 0.2) is 74.6 Å². The third-order valence-electron chi connectivity index (χ3n) is 7.97. The molecule has 2 aromatic carbocycles. The first kappa shape index (κ1) is 23.7. The number of hydrogen-bond donors (Lipinski definition) is 0. The maximum atomic E-state index is 13.1. The van der Waals surface area contributed by atoms with Crippen molar-refractivity contribution in [1.82, 2.24) is 0 Å². The molecular formula is C27H31F3SiZr. The third-order valence-corrected chi connectivity index (χ3v) is 25.2. The molecule has 0 bridgehead atoms. The van der Waals surface area contributed by atoms with Crippen molar-refractivity contribution in [2.75, 3.05) is 0 Å². The number of allylic oxidation sites excluding steroid dienone is 5. The van der Waals surface area contributed by atoms with Gasteiger partial charge in [-0.2, -0.15) is 0 Å². The number of benzene rings is 2. The predicted octanol–water partition coefficient (Wildman–Crippen LogP) is 7.79. The van der Waals surface area contributed by atoms with Crippen molar-refractivity contribution in [3.8, 4) is 0 Å². The van der Waals surface area contributed by atoms with Gasteiger partial charge in [0.05, 0.1) is 0 Å². The molecule has 0 aromatic heterocycles. The quantitative estimate of drug-likeness (QED) is 0.355. The van der Waals surface area contributed by atoms with Gasteiger partial charge in [-0.1, -0.05) is 0 Å². The van der Waals surface area contributed by atoms with E-state index in [-0.39, 0.29) is 0 Å². The Bertz CT molecular complexity index is 1270. The number of fused-ring (bicyclic) bond motifs is 1. The average molecular weight is 532 g/mol. The molecule has 2 unspecified atom stereocenters. The zero-order valence-electron chi connectivity index (χ0n) is 19.7. The Balaban J connectivity index is 1.88. The first-order chi connectivity index (χ1) is 14.7. The van der Waals surface area contributed by atoms with Crippen LogP contribution >= 0.6 is 0 Å². The van der Waals surface area contributed by atoms with Crippen LogP contribution in [0.25, 0.3) is 5.57 Å². The van der Waals surface area contributed by atoms with Gasteiger partial charge in [0, 0.05) is 0 Å². The minimum atomic E-state index is -4.32. The Morgan fingerprint density at radius 1 is 0.875 bits per heavy atom. The molecule has 2 aliphatic rings. The molecule has 0 spiro atoms. The van der Waals surface area contributed by atoms with Gasteiger partial charge < -0.3 is 0 Å². The van der Waals surface area contributed by atoms with Crippen molar-refractivity contribution in [2.24, 2.45) is 5.92 Å². The van der Waals surface area contributed by atoms with E-state index in [1.165, 1.54) is 40.0 Å². The molecule has 32 heavy (non-hydrogen) atoms. The van der Waals surface area contributed by atoms with Gasteiger partial charge in [-0.05, 0) is 0 Å². The first-order valence-electron chi connectivity index (χ1n) is 11.2. The van der Waals surface area contributed by atoms with Crippen LogP contribution in [-0.2, 0) is 23.6 Å². The van der Waals surface area contributed by atoms with Crippen molar-refractivity contribution < 1.29 is 30.6 Å². The van der Waals surface area contributed by atoms with Gasteiger partial charge in [-0.15, -0.1) is 0 Å². The van der Waals surface area contributed by atoms with Crippen molar-refractivity contribution >= 4 is 12.5 Å². The van der Waals surface area contributed by atoms with E-state index in [1.807, 2.05) is 6.07 Å². The monoisotopic (exact) mass is 530 g/mol. The van der Waals surface area contributed by atoms with Crippen LogP contribution < -0.4 is 0 Å². The number of rotatable bonds is 3. The van der Waals surface area contributed by atoms with E-state index in [0.29, 0.717) is 9.54 Å². The van der Waals surface area contributed by atoms with Gasteiger partial charge in [0.15, 0.2) is 0 Å². The molecule has 2 atom stereocenters. The molecule has 168 valence electrons. The number of halogens is 3. The Morgan fingerprint density at radius 3 is 2.00 bits per heavy atom. The summed E-state index contributed by atoms with van der Waals surface area (Å²) in [6.45, 7) is 11.4. The fourth-order valence-corrected chi connectivity index (χ4v) is 24.6. The molecule has 5 heteroatoms. The van der Waals surface area contributed by atoms with Crippen LogP contribution in [0.1, 0.15) is 53.6 Å². The van der Waals surface area contributed by atoms with E-state index < -0.39 is 29.1 Å². The van der Waals surface area contributed by atoms with E-state index >= 15 is 0 Å². The molecule has 0 radical (unpaired) electrons. The van der Waals surface area contributed by atoms with Gasteiger partial charge in [-0.3, -0.25) is 0 Å². The summed E-state index contributed by atoms with van der Waals surface area (Å²) in [6, 6.07) is 14.1. The van der Waals surface area contributed by atoms with Crippen LogP contribution in [-0.4, -0.2) is 6.88 Å². The van der Waals surface area contributed by atoms with Gasteiger partial charge in [-0.25, -0.2) is 0 Å². The van der Waals surface area contributed by atoms with Crippen LogP contribution in [0.5, 0.6) is 0 Å². The molecule has 0 amide bonds. The molecule has 0 N–H and O–H groups in total. The molecule has 0 saturated carbocycles. The average Bonchev–Trinajstić information content (AvgIpc) is 3.20.